The Hall–Kier alpha value is -3.19. The Kier molecular flexibility index (Phi) is 7.07. The Labute approximate surface area is 185 Å². The molecule has 1 aliphatic rings. The van der Waals surface area contributed by atoms with E-state index in [9.17, 15) is 19.2 Å². The van der Waals surface area contributed by atoms with Crippen molar-refractivity contribution in [2.75, 3.05) is 6.61 Å². The fourth-order valence-electron chi connectivity index (χ4n) is 3.40. The minimum absolute atomic E-state index is 0.226. The molecule has 1 aliphatic heterocycles. The number of fused-ring (bicyclic) bond motifs is 1. The van der Waals surface area contributed by atoms with Gasteiger partial charge in [0.15, 0.2) is 6.61 Å². The summed E-state index contributed by atoms with van der Waals surface area (Å²) >= 11 is 5.92. The van der Waals surface area contributed by atoms with Crippen LogP contribution in [0.25, 0.3) is 0 Å². The van der Waals surface area contributed by atoms with E-state index in [2.05, 4.69) is 5.32 Å². The maximum Gasteiger partial charge on any atom is 0.330 e. The first-order chi connectivity index (χ1) is 14.8. The average molecular weight is 443 g/mol. The third kappa shape index (κ3) is 4.94. The molecule has 0 saturated heterocycles. The number of carbonyl (C=O) groups is 4. The molecule has 0 fully saturated rings. The van der Waals surface area contributed by atoms with Gasteiger partial charge in [-0.25, -0.2) is 4.79 Å². The zero-order chi connectivity index (χ0) is 22.5. The molecule has 2 aromatic rings. The molecule has 2 unspecified atom stereocenters. The lowest BCUT2D eigenvalue weighted by Gasteiger charge is -2.28. The lowest BCUT2D eigenvalue weighted by atomic mass is 9.97. The van der Waals surface area contributed by atoms with Crippen molar-refractivity contribution in [3.8, 4) is 0 Å². The van der Waals surface area contributed by atoms with Gasteiger partial charge in [0.2, 0.25) is 0 Å². The first-order valence-corrected chi connectivity index (χ1v) is 10.4. The molecule has 8 heteroatoms. The summed E-state index contributed by atoms with van der Waals surface area (Å²) in [7, 11) is 0. The quantitative estimate of drug-likeness (QED) is 0.500. The van der Waals surface area contributed by atoms with Crippen LogP contribution in [0.3, 0.4) is 0 Å². The van der Waals surface area contributed by atoms with Gasteiger partial charge in [-0.3, -0.25) is 19.3 Å². The van der Waals surface area contributed by atoms with Gasteiger partial charge in [-0.05, 0) is 35.7 Å². The molecule has 1 heterocycles. The summed E-state index contributed by atoms with van der Waals surface area (Å²) in [6, 6.07) is 12.3. The molecule has 0 aromatic heterocycles. The van der Waals surface area contributed by atoms with E-state index in [-0.39, 0.29) is 23.6 Å². The molecule has 0 aliphatic carbocycles. The zero-order valence-corrected chi connectivity index (χ0v) is 18.0. The molecule has 0 radical (unpaired) electrons. The number of ether oxygens (including phenoxy) is 1. The van der Waals surface area contributed by atoms with Gasteiger partial charge < -0.3 is 10.1 Å². The van der Waals surface area contributed by atoms with E-state index in [4.69, 9.17) is 16.3 Å². The fourth-order valence-corrected chi connectivity index (χ4v) is 3.61. The summed E-state index contributed by atoms with van der Waals surface area (Å²) in [5.74, 6) is -2.70. The Bertz CT molecular complexity index is 988. The summed E-state index contributed by atoms with van der Waals surface area (Å²) < 4.78 is 5.19. The molecule has 2 aromatic carbocycles. The molecule has 3 amide bonds. The van der Waals surface area contributed by atoms with E-state index < -0.39 is 36.3 Å². The molecule has 0 bridgehead atoms. The molecule has 31 heavy (non-hydrogen) atoms. The smallest absolute Gasteiger partial charge is 0.330 e. The van der Waals surface area contributed by atoms with Gasteiger partial charge in [0.25, 0.3) is 17.7 Å². The van der Waals surface area contributed by atoms with Gasteiger partial charge in [-0.15, -0.1) is 0 Å². The molecule has 2 atom stereocenters. The number of carbonyl (C=O) groups excluding carboxylic acids is 4. The minimum Gasteiger partial charge on any atom is -0.454 e. The number of amides is 3. The molecule has 0 saturated carbocycles. The third-order valence-corrected chi connectivity index (χ3v) is 5.49. The van der Waals surface area contributed by atoms with Crippen molar-refractivity contribution in [3.63, 3.8) is 0 Å². The molecular formula is C23H23ClN2O5. The highest BCUT2D eigenvalue weighted by Crippen LogP contribution is 2.28. The highest BCUT2D eigenvalue weighted by atomic mass is 35.5. The molecule has 162 valence electrons. The first-order valence-electron chi connectivity index (χ1n) is 9.98. The van der Waals surface area contributed by atoms with Crippen molar-refractivity contribution in [1.29, 1.82) is 0 Å². The first kappa shape index (κ1) is 22.5. The SMILES string of the molecule is CCC(C)C(C(=O)OCC(=O)NCc1cccc(Cl)c1)N1C(=O)c2ccccc2C1=O. The van der Waals surface area contributed by atoms with Crippen LogP contribution in [0.4, 0.5) is 0 Å². The van der Waals surface area contributed by atoms with E-state index in [1.807, 2.05) is 6.92 Å². The van der Waals surface area contributed by atoms with Gasteiger partial charge in [0.05, 0.1) is 11.1 Å². The van der Waals surface area contributed by atoms with Crippen molar-refractivity contribution in [2.45, 2.75) is 32.9 Å². The lowest BCUT2D eigenvalue weighted by molar-refractivity contribution is -0.154. The van der Waals surface area contributed by atoms with Gasteiger partial charge >= 0.3 is 5.97 Å². The van der Waals surface area contributed by atoms with Crippen LogP contribution in [0, 0.1) is 5.92 Å². The Balaban J connectivity index is 1.65. The third-order valence-electron chi connectivity index (χ3n) is 5.25. The van der Waals surface area contributed by atoms with Crippen molar-refractivity contribution in [2.24, 2.45) is 5.92 Å². The highest BCUT2D eigenvalue weighted by Gasteiger charge is 2.45. The summed E-state index contributed by atoms with van der Waals surface area (Å²) in [4.78, 5) is 51.5. The normalized spacial score (nSPS) is 14.7. The number of hydrogen-bond donors (Lipinski definition) is 1. The van der Waals surface area contributed by atoms with Crippen LogP contribution < -0.4 is 5.32 Å². The number of halogens is 1. The Morgan fingerprint density at radius 3 is 2.29 bits per heavy atom. The summed E-state index contributed by atoms with van der Waals surface area (Å²) in [6.07, 6.45) is 0.536. The number of benzene rings is 2. The van der Waals surface area contributed by atoms with Crippen LogP contribution in [-0.2, 0) is 20.9 Å². The number of esters is 1. The van der Waals surface area contributed by atoms with Crippen LogP contribution in [0.15, 0.2) is 48.5 Å². The number of nitrogens with zero attached hydrogens (tertiary/aromatic N) is 1. The highest BCUT2D eigenvalue weighted by molar-refractivity contribution is 6.30. The number of nitrogens with one attached hydrogen (secondary N) is 1. The average Bonchev–Trinajstić information content (AvgIpc) is 3.02. The second-order valence-electron chi connectivity index (χ2n) is 7.37. The molecule has 3 rings (SSSR count). The second-order valence-corrected chi connectivity index (χ2v) is 7.81. The predicted octanol–water partition coefficient (Wildman–Crippen LogP) is 3.21. The van der Waals surface area contributed by atoms with E-state index in [1.165, 1.54) is 0 Å². The zero-order valence-electron chi connectivity index (χ0n) is 17.3. The number of rotatable bonds is 8. The maximum absolute atomic E-state index is 12.8. The molecule has 7 nitrogen and oxygen atoms in total. The second kappa shape index (κ2) is 9.75. The van der Waals surface area contributed by atoms with E-state index in [1.54, 1.807) is 55.5 Å². The largest absolute Gasteiger partial charge is 0.454 e. The molecule has 0 spiro atoms. The van der Waals surface area contributed by atoms with Crippen molar-refractivity contribution >= 4 is 35.3 Å². The van der Waals surface area contributed by atoms with Crippen molar-refractivity contribution in [1.82, 2.24) is 10.2 Å². The summed E-state index contributed by atoms with van der Waals surface area (Å²) in [5.41, 5.74) is 1.32. The number of hydrogen-bond acceptors (Lipinski definition) is 5. The van der Waals surface area contributed by atoms with E-state index >= 15 is 0 Å². The minimum atomic E-state index is -1.11. The van der Waals surface area contributed by atoms with Crippen LogP contribution >= 0.6 is 11.6 Å². The topological polar surface area (TPSA) is 92.8 Å². The van der Waals surface area contributed by atoms with Crippen LogP contribution in [0.2, 0.25) is 5.02 Å². The molecular weight excluding hydrogens is 420 g/mol. The molecule has 1 N–H and O–H groups in total. The maximum atomic E-state index is 12.8. The van der Waals surface area contributed by atoms with Crippen LogP contribution in [-0.4, -0.2) is 41.2 Å². The summed E-state index contributed by atoms with van der Waals surface area (Å²) in [5, 5.41) is 3.19. The van der Waals surface area contributed by atoms with Crippen LogP contribution in [0.1, 0.15) is 46.5 Å². The van der Waals surface area contributed by atoms with Gasteiger partial charge in [0, 0.05) is 11.6 Å². The van der Waals surface area contributed by atoms with Gasteiger partial charge in [-0.2, -0.15) is 0 Å². The lowest BCUT2D eigenvalue weighted by Crippen LogP contribution is -2.49. The van der Waals surface area contributed by atoms with E-state index in [0.29, 0.717) is 11.4 Å². The Morgan fingerprint density at radius 2 is 1.71 bits per heavy atom. The predicted molar refractivity (Wildman–Crippen MR) is 114 cm³/mol. The standard InChI is InChI=1S/C23H23ClN2O5/c1-3-14(2)20(26-21(28)17-9-4-5-10-18(17)22(26)29)23(30)31-13-19(27)25-12-15-7-6-8-16(24)11-15/h4-11,14,20H,3,12-13H2,1-2H3,(H,25,27). The van der Waals surface area contributed by atoms with Gasteiger partial charge in [-0.1, -0.05) is 56.1 Å². The Morgan fingerprint density at radius 1 is 1.06 bits per heavy atom. The van der Waals surface area contributed by atoms with Crippen LogP contribution in [0.5, 0.6) is 0 Å². The van der Waals surface area contributed by atoms with E-state index in [0.717, 1.165) is 10.5 Å². The fraction of sp³-hybridized carbons (Fsp3) is 0.304. The van der Waals surface area contributed by atoms with Gasteiger partial charge in [0.1, 0.15) is 6.04 Å². The van der Waals surface area contributed by atoms with Crippen molar-refractivity contribution < 1.29 is 23.9 Å². The monoisotopic (exact) mass is 442 g/mol. The van der Waals surface area contributed by atoms with Crippen molar-refractivity contribution in [3.05, 3.63) is 70.2 Å². The number of imide groups is 1. The summed E-state index contributed by atoms with van der Waals surface area (Å²) in [6.45, 7) is 3.31.